The Labute approximate surface area is 139 Å². The second kappa shape index (κ2) is 5.90. The van der Waals surface area contributed by atoms with E-state index in [1.807, 2.05) is 25.7 Å². The Morgan fingerprint density at radius 3 is 2.17 bits per heavy atom. The van der Waals surface area contributed by atoms with Crippen molar-refractivity contribution in [1.82, 2.24) is 9.80 Å². The Morgan fingerprint density at radius 1 is 1.13 bits per heavy atom. The molecule has 0 radical (unpaired) electrons. The van der Waals surface area contributed by atoms with Crippen molar-refractivity contribution in [2.24, 2.45) is 0 Å². The van der Waals surface area contributed by atoms with Crippen molar-refractivity contribution in [3.05, 3.63) is 0 Å². The normalized spacial score (nSPS) is 27.0. The van der Waals surface area contributed by atoms with Crippen LogP contribution in [0.15, 0.2) is 0 Å². The molecule has 1 spiro atoms. The number of carbonyl (C=O) groups excluding carboxylic acids is 1. The molecule has 0 saturated carbocycles. The average molecular weight is 326 g/mol. The minimum Gasteiger partial charge on any atom is -0.444 e. The molecule has 6 heteroatoms. The third-order valence-corrected chi connectivity index (χ3v) is 5.29. The molecule has 3 fully saturated rings. The van der Waals surface area contributed by atoms with E-state index in [0.29, 0.717) is 13.2 Å². The molecule has 0 atom stereocenters. The van der Waals surface area contributed by atoms with E-state index in [9.17, 15) is 4.79 Å². The number of rotatable bonds is 2. The first kappa shape index (κ1) is 17.0. The molecule has 3 rings (SSSR count). The van der Waals surface area contributed by atoms with E-state index >= 15 is 0 Å². The summed E-state index contributed by atoms with van der Waals surface area (Å²) in [5, 5.41) is 0. The van der Waals surface area contributed by atoms with Gasteiger partial charge in [-0.1, -0.05) is 6.92 Å². The van der Waals surface area contributed by atoms with Crippen molar-refractivity contribution < 1.29 is 19.0 Å². The first-order chi connectivity index (χ1) is 10.8. The second-order valence-corrected chi connectivity index (χ2v) is 8.01. The van der Waals surface area contributed by atoms with Crippen molar-refractivity contribution in [3.63, 3.8) is 0 Å². The molecule has 0 N–H and O–H groups in total. The number of carbonyl (C=O) groups is 1. The zero-order chi connectivity index (χ0) is 16.7. The third kappa shape index (κ3) is 3.35. The summed E-state index contributed by atoms with van der Waals surface area (Å²) < 4.78 is 17.1. The first-order valence-electron chi connectivity index (χ1n) is 8.78. The molecular weight excluding hydrogens is 296 g/mol. The van der Waals surface area contributed by atoms with Gasteiger partial charge in [0.2, 0.25) is 0 Å². The van der Waals surface area contributed by atoms with E-state index in [0.717, 1.165) is 45.4 Å². The summed E-state index contributed by atoms with van der Waals surface area (Å²) in [6.07, 6.45) is 2.68. The molecular formula is C17H30N2O4. The van der Waals surface area contributed by atoms with E-state index in [-0.39, 0.29) is 17.4 Å². The van der Waals surface area contributed by atoms with E-state index in [2.05, 4.69) is 11.8 Å². The predicted octanol–water partition coefficient (Wildman–Crippen LogP) is 2.22. The number of piperidine rings is 1. The van der Waals surface area contributed by atoms with Gasteiger partial charge in [0.15, 0.2) is 5.79 Å². The van der Waals surface area contributed by atoms with Gasteiger partial charge in [-0.25, -0.2) is 4.79 Å². The Balaban J connectivity index is 1.54. The van der Waals surface area contributed by atoms with Gasteiger partial charge in [-0.3, -0.25) is 4.90 Å². The molecule has 0 aromatic heterocycles. The van der Waals surface area contributed by atoms with Gasteiger partial charge >= 0.3 is 6.09 Å². The van der Waals surface area contributed by atoms with Crippen molar-refractivity contribution in [3.8, 4) is 0 Å². The second-order valence-electron chi connectivity index (χ2n) is 8.01. The number of amides is 1. The number of ether oxygens (including phenoxy) is 3. The van der Waals surface area contributed by atoms with Crippen LogP contribution in [0, 0.1) is 0 Å². The molecule has 0 aliphatic carbocycles. The lowest BCUT2D eigenvalue weighted by molar-refractivity contribution is -0.200. The van der Waals surface area contributed by atoms with Crippen molar-refractivity contribution in [2.45, 2.75) is 63.9 Å². The molecule has 132 valence electrons. The van der Waals surface area contributed by atoms with Gasteiger partial charge in [0.05, 0.1) is 18.8 Å². The van der Waals surface area contributed by atoms with E-state index in [1.165, 1.54) is 0 Å². The van der Waals surface area contributed by atoms with Crippen LogP contribution in [0.25, 0.3) is 0 Å². The monoisotopic (exact) mass is 326 g/mol. The van der Waals surface area contributed by atoms with Gasteiger partial charge in [-0.15, -0.1) is 0 Å². The molecule has 0 unspecified atom stereocenters. The Bertz CT molecular complexity index is 438. The molecule has 23 heavy (non-hydrogen) atoms. The van der Waals surface area contributed by atoms with Crippen molar-refractivity contribution in [2.75, 3.05) is 39.4 Å². The lowest BCUT2D eigenvalue weighted by atomic mass is 9.83. The van der Waals surface area contributed by atoms with Crippen molar-refractivity contribution in [1.29, 1.82) is 0 Å². The summed E-state index contributed by atoms with van der Waals surface area (Å²) in [5.74, 6) is -0.333. The topological polar surface area (TPSA) is 51.2 Å². The van der Waals surface area contributed by atoms with Crippen LogP contribution in [0.5, 0.6) is 0 Å². The highest BCUT2D eigenvalue weighted by atomic mass is 16.7. The first-order valence-corrected chi connectivity index (χ1v) is 8.78. The molecule has 3 aliphatic rings. The van der Waals surface area contributed by atoms with Crippen LogP contribution in [0.4, 0.5) is 4.79 Å². The maximum absolute atomic E-state index is 12.2. The lowest BCUT2D eigenvalue weighted by Gasteiger charge is -2.57. The van der Waals surface area contributed by atoms with Crippen LogP contribution in [-0.2, 0) is 14.2 Å². The fraction of sp³-hybridized carbons (Fsp3) is 0.941. The van der Waals surface area contributed by atoms with Gasteiger partial charge in [-0.2, -0.15) is 0 Å². The van der Waals surface area contributed by atoms with Crippen molar-refractivity contribution >= 4 is 6.09 Å². The predicted molar refractivity (Wildman–Crippen MR) is 86.3 cm³/mol. The molecule has 3 saturated heterocycles. The van der Waals surface area contributed by atoms with E-state index in [4.69, 9.17) is 14.2 Å². The largest absolute Gasteiger partial charge is 0.444 e. The van der Waals surface area contributed by atoms with Gasteiger partial charge in [0, 0.05) is 39.0 Å². The highest BCUT2D eigenvalue weighted by Crippen LogP contribution is 2.38. The summed E-state index contributed by atoms with van der Waals surface area (Å²) in [6.45, 7) is 12.8. The van der Waals surface area contributed by atoms with Gasteiger partial charge < -0.3 is 19.1 Å². The molecule has 0 aromatic rings. The summed E-state index contributed by atoms with van der Waals surface area (Å²) >= 11 is 0. The zero-order valence-electron chi connectivity index (χ0n) is 14.9. The molecule has 3 aliphatic heterocycles. The van der Waals surface area contributed by atoms with Crippen LogP contribution in [0.2, 0.25) is 0 Å². The quantitative estimate of drug-likeness (QED) is 0.779. The number of nitrogens with zero attached hydrogens (tertiary/aromatic N) is 2. The van der Waals surface area contributed by atoms with Crippen LogP contribution < -0.4 is 0 Å². The Morgan fingerprint density at radius 2 is 1.70 bits per heavy atom. The SMILES string of the molecule is CCC1(N2CCC3(CC2)OCCO3)CN(C(=O)OC(C)(C)C)C1. The van der Waals surface area contributed by atoms with Crippen LogP contribution >= 0.6 is 0 Å². The molecule has 0 bridgehead atoms. The molecule has 0 aromatic carbocycles. The smallest absolute Gasteiger partial charge is 0.410 e. The van der Waals surface area contributed by atoms with Crippen LogP contribution in [-0.4, -0.2) is 72.2 Å². The zero-order valence-corrected chi connectivity index (χ0v) is 14.9. The summed E-state index contributed by atoms with van der Waals surface area (Å²) in [5.41, 5.74) is -0.340. The summed E-state index contributed by atoms with van der Waals surface area (Å²) in [7, 11) is 0. The lowest BCUT2D eigenvalue weighted by Crippen LogP contribution is -2.72. The standard InChI is InChI=1S/C17H30N2O4/c1-5-16(12-18(13-16)14(20)23-15(2,3)4)19-8-6-17(7-9-19)21-10-11-22-17/h5-13H2,1-4H3. The van der Waals surface area contributed by atoms with Gasteiger partial charge in [0.1, 0.15) is 5.60 Å². The number of hydrogen-bond acceptors (Lipinski definition) is 5. The fourth-order valence-electron chi connectivity index (χ4n) is 3.87. The third-order valence-electron chi connectivity index (χ3n) is 5.29. The molecule has 6 nitrogen and oxygen atoms in total. The fourth-order valence-corrected chi connectivity index (χ4v) is 3.87. The molecule has 3 heterocycles. The van der Waals surface area contributed by atoms with Gasteiger partial charge in [0.25, 0.3) is 0 Å². The van der Waals surface area contributed by atoms with E-state index < -0.39 is 5.60 Å². The Hall–Kier alpha value is -0.850. The van der Waals surface area contributed by atoms with E-state index in [1.54, 1.807) is 0 Å². The Kier molecular flexibility index (Phi) is 4.36. The number of hydrogen-bond donors (Lipinski definition) is 0. The molecule has 1 amide bonds. The summed E-state index contributed by atoms with van der Waals surface area (Å²) in [6, 6.07) is 0. The summed E-state index contributed by atoms with van der Waals surface area (Å²) in [4.78, 5) is 16.5. The number of likely N-dealkylation sites (tertiary alicyclic amines) is 2. The highest BCUT2D eigenvalue weighted by molar-refractivity contribution is 5.69. The highest BCUT2D eigenvalue weighted by Gasteiger charge is 2.52. The average Bonchev–Trinajstić information content (AvgIpc) is 2.86. The van der Waals surface area contributed by atoms with Crippen LogP contribution in [0.3, 0.4) is 0 Å². The maximum Gasteiger partial charge on any atom is 0.410 e. The minimum atomic E-state index is -0.434. The van der Waals surface area contributed by atoms with Crippen LogP contribution in [0.1, 0.15) is 47.0 Å². The maximum atomic E-state index is 12.2. The van der Waals surface area contributed by atoms with Gasteiger partial charge in [-0.05, 0) is 27.2 Å². The minimum absolute atomic E-state index is 0.0944.